The van der Waals surface area contributed by atoms with Gasteiger partial charge in [0, 0.05) is 34.5 Å². The van der Waals surface area contributed by atoms with E-state index in [9.17, 15) is 13.2 Å². The Kier molecular flexibility index (Phi) is 5.72. The minimum atomic E-state index is -3.93. The maximum Gasteiger partial charge on any atom is 0.337 e. The number of carbonyl (C=O) groups excluding carboxylic acids is 1. The van der Waals surface area contributed by atoms with Crippen LogP contribution < -0.4 is 0 Å². The fourth-order valence-electron chi connectivity index (χ4n) is 4.25. The first kappa shape index (κ1) is 23.5. The van der Waals surface area contributed by atoms with E-state index in [-0.39, 0.29) is 10.5 Å². The molecule has 0 N–H and O–H groups in total. The monoisotopic (exact) mass is 501 g/mol. The molecule has 5 rings (SSSR count). The van der Waals surface area contributed by atoms with Gasteiger partial charge in [-0.15, -0.1) is 0 Å². The number of hydrogen-bond donors (Lipinski definition) is 0. The van der Waals surface area contributed by atoms with Gasteiger partial charge in [-0.25, -0.2) is 22.2 Å². The van der Waals surface area contributed by atoms with Crippen molar-refractivity contribution in [2.75, 3.05) is 7.11 Å². The Hall–Kier alpha value is -4.24. The number of nitrogens with zero attached hydrogens (tertiary/aromatic N) is 3. The maximum absolute atomic E-state index is 13.6. The average Bonchev–Trinajstić information content (AvgIpc) is 3.43. The van der Waals surface area contributed by atoms with Crippen molar-refractivity contribution in [3.8, 4) is 22.3 Å². The van der Waals surface area contributed by atoms with Crippen molar-refractivity contribution >= 4 is 27.0 Å². The SMILES string of the molecule is COC(=O)c1ccc(-c2cn(S(=O)(=O)c3ccc(C)cc3)c3ncc(-c4c(C)noc4C)cc23)cc1. The smallest absolute Gasteiger partial charge is 0.337 e. The van der Waals surface area contributed by atoms with Gasteiger partial charge in [0.1, 0.15) is 5.76 Å². The zero-order chi connectivity index (χ0) is 25.6. The lowest BCUT2D eigenvalue weighted by molar-refractivity contribution is 0.0600. The second-order valence-electron chi connectivity index (χ2n) is 8.52. The van der Waals surface area contributed by atoms with Crippen LogP contribution in [0.5, 0.6) is 0 Å². The summed E-state index contributed by atoms with van der Waals surface area (Å²) in [4.78, 5) is 16.6. The van der Waals surface area contributed by atoms with Crippen LogP contribution in [0, 0.1) is 20.8 Å². The summed E-state index contributed by atoms with van der Waals surface area (Å²) in [6.45, 7) is 5.56. The Morgan fingerprint density at radius 3 is 2.28 bits per heavy atom. The van der Waals surface area contributed by atoms with Crippen molar-refractivity contribution < 1.29 is 22.5 Å². The van der Waals surface area contributed by atoms with Crippen molar-refractivity contribution in [3.05, 3.63) is 89.6 Å². The molecular weight excluding hydrogens is 478 g/mol. The standard InChI is InChI=1S/C27H23N3O5S/c1-16-5-11-22(12-6-16)36(32,33)30-15-24(19-7-9-20(10-8-19)27(31)34-4)23-13-21(14-28-26(23)30)25-17(2)29-35-18(25)3/h5-15H,1-4H3. The molecule has 2 aromatic carbocycles. The number of hydrogen-bond acceptors (Lipinski definition) is 7. The van der Waals surface area contributed by atoms with Gasteiger partial charge in [-0.3, -0.25) is 0 Å². The van der Waals surface area contributed by atoms with Crippen molar-refractivity contribution in [2.45, 2.75) is 25.7 Å². The van der Waals surface area contributed by atoms with E-state index in [0.717, 1.165) is 22.3 Å². The number of fused-ring (bicyclic) bond motifs is 1. The zero-order valence-electron chi connectivity index (χ0n) is 20.1. The van der Waals surface area contributed by atoms with E-state index in [2.05, 4.69) is 10.1 Å². The number of carbonyl (C=O) groups is 1. The Balaban J connectivity index is 1.75. The molecule has 182 valence electrons. The van der Waals surface area contributed by atoms with E-state index in [1.807, 2.05) is 26.8 Å². The molecule has 0 atom stereocenters. The zero-order valence-corrected chi connectivity index (χ0v) is 21.0. The van der Waals surface area contributed by atoms with E-state index < -0.39 is 16.0 Å². The Labute approximate surface area is 208 Å². The van der Waals surface area contributed by atoms with Crippen LogP contribution in [0.3, 0.4) is 0 Å². The number of aromatic nitrogens is 3. The summed E-state index contributed by atoms with van der Waals surface area (Å²) < 4.78 is 38.6. The van der Waals surface area contributed by atoms with Crippen LogP contribution in [-0.2, 0) is 14.8 Å². The van der Waals surface area contributed by atoms with Gasteiger partial charge >= 0.3 is 5.97 Å². The molecule has 0 fully saturated rings. The van der Waals surface area contributed by atoms with Gasteiger partial charge in [0.25, 0.3) is 10.0 Å². The van der Waals surface area contributed by atoms with Crippen molar-refractivity contribution in [2.24, 2.45) is 0 Å². The maximum atomic E-state index is 13.6. The van der Waals surface area contributed by atoms with E-state index in [4.69, 9.17) is 9.26 Å². The highest BCUT2D eigenvalue weighted by Crippen LogP contribution is 2.36. The third-order valence-electron chi connectivity index (χ3n) is 6.13. The number of pyridine rings is 1. The van der Waals surface area contributed by atoms with Crippen LogP contribution in [-0.4, -0.2) is 35.6 Å². The first-order valence-electron chi connectivity index (χ1n) is 11.2. The Morgan fingerprint density at radius 1 is 0.972 bits per heavy atom. The lowest BCUT2D eigenvalue weighted by Gasteiger charge is -2.08. The summed E-state index contributed by atoms with van der Waals surface area (Å²) >= 11 is 0. The molecule has 8 nitrogen and oxygen atoms in total. The summed E-state index contributed by atoms with van der Waals surface area (Å²) in [6.07, 6.45) is 3.19. The quantitative estimate of drug-likeness (QED) is 0.301. The van der Waals surface area contributed by atoms with Crippen LogP contribution in [0.25, 0.3) is 33.3 Å². The van der Waals surface area contributed by atoms with Crippen LogP contribution in [0.2, 0.25) is 0 Å². The third-order valence-corrected chi connectivity index (χ3v) is 7.79. The summed E-state index contributed by atoms with van der Waals surface area (Å²) in [6, 6.07) is 15.4. The van der Waals surface area contributed by atoms with Gasteiger partial charge < -0.3 is 9.26 Å². The summed E-state index contributed by atoms with van der Waals surface area (Å²) in [7, 11) is -2.61. The topological polar surface area (TPSA) is 104 Å². The van der Waals surface area contributed by atoms with Crippen LogP contribution in [0.4, 0.5) is 0 Å². The molecule has 0 aliphatic heterocycles. The molecule has 0 radical (unpaired) electrons. The summed E-state index contributed by atoms with van der Waals surface area (Å²) in [5, 5.41) is 4.66. The van der Waals surface area contributed by atoms with E-state index in [1.165, 1.54) is 11.1 Å². The number of esters is 1. The first-order chi connectivity index (χ1) is 17.2. The highest BCUT2D eigenvalue weighted by molar-refractivity contribution is 7.90. The molecule has 0 saturated heterocycles. The molecule has 0 aliphatic carbocycles. The molecule has 3 aromatic heterocycles. The van der Waals surface area contributed by atoms with E-state index in [0.29, 0.717) is 28.0 Å². The highest BCUT2D eigenvalue weighted by atomic mass is 32.2. The average molecular weight is 502 g/mol. The highest BCUT2D eigenvalue weighted by Gasteiger charge is 2.24. The van der Waals surface area contributed by atoms with E-state index >= 15 is 0 Å². The number of benzene rings is 2. The minimum Gasteiger partial charge on any atom is -0.465 e. The minimum absolute atomic E-state index is 0.161. The number of aryl methyl sites for hydroxylation is 3. The summed E-state index contributed by atoms with van der Waals surface area (Å²) in [5.74, 6) is 0.192. The molecule has 0 amide bonds. The van der Waals surface area contributed by atoms with E-state index in [1.54, 1.807) is 60.9 Å². The Bertz CT molecular complexity index is 1690. The van der Waals surface area contributed by atoms with Gasteiger partial charge in [-0.2, -0.15) is 0 Å². The molecule has 0 saturated carbocycles. The lowest BCUT2D eigenvalue weighted by atomic mass is 10.0. The molecule has 0 spiro atoms. The molecule has 3 heterocycles. The van der Waals surface area contributed by atoms with Gasteiger partial charge in [-0.05, 0) is 56.7 Å². The lowest BCUT2D eigenvalue weighted by Crippen LogP contribution is -2.12. The predicted molar refractivity (Wildman–Crippen MR) is 135 cm³/mol. The van der Waals surface area contributed by atoms with Crippen molar-refractivity contribution in [1.82, 2.24) is 14.1 Å². The predicted octanol–water partition coefficient (Wildman–Crippen LogP) is 5.31. The normalized spacial score (nSPS) is 11.7. The Morgan fingerprint density at radius 2 is 1.67 bits per heavy atom. The second kappa shape index (κ2) is 8.76. The fraction of sp³-hybridized carbons (Fsp3) is 0.148. The molecule has 0 bridgehead atoms. The second-order valence-corrected chi connectivity index (χ2v) is 10.3. The molecule has 0 unspecified atom stereocenters. The number of ether oxygens (including phenoxy) is 1. The van der Waals surface area contributed by atoms with Gasteiger partial charge in [0.15, 0.2) is 5.65 Å². The molecule has 36 heavy (non-hydrogen) atoms. The first-order valence-corrected chi connectivity index (χ1v) is 12.6. The van der Waals surface area contributed by atoms with Crippen LogP contribution in [0.15, 0.2) is 76.4 Å². The third kappa shape index (κ3) is 3.87. The van der Waals surface area contributed by atoms with Gasteiger partial charge in [0.05, 0.1) is 23.3 Å². The van der Waals surface area contributed by atoms with Crippen molar-refractivity contribution in [1.29, 1.82) is 0 Å². The fourth-order valence-corrected chi connectivity index (χ4v) is 5.58. The van der Waals surface area contributed by atoms with Crippen LogP contribution in [0.1, 0.15) is 27.4 Å². The van der Waals surface area contributed by atoms with Crippen LogP contribution >= 0.6 is 0 Å². The largest absolute Gasteiger partial charge is 0.465 e. The van der Waals surface area contributed by atoms with Gasteiger partial charge in [0.2, 0.25) is 0 Å². The van der Waals surface area contributed by atoms with Crippen molar-refractivity contribution in [3.63, 3.8) is 0 Å². The molecule has 0 aliphatic rings. The number of rotatable bonds is 5. The molecular formula is C27H23N3O5S. The molecule has 9 heteroatoms. The number of methoxy groups -OCH3 is 1. The van der Waals surface area contributed by atoms with Gasteiger partial charge in [-0.1, -0.05) is 35.0 Å². The summed E-state index contributed by atoms with van der Waals surface area (Å²) in [5.41, 5.74) is 5.30. The molecule has 5 aromatic rings.